The van der Waals surface area contributed by atoms with E-state index in [0.29, 0.717) is 28.3 Å². The zero-order valence-corrected chi connectivity index (χ0v) is 16.4. The molecule has 6 heteroatoms. The summed E-state index contributed by atoms with van der Waals surface area (Å²) >= 11 is 1.36. The molecular formula is C21H22N2O3S. The third-order valence-electron chi connectivity index (χ3n) is 3.92. The molecule has 140 valence electrons. The van der Waals surface area contributed by atoms with Gasteiger partial charge in [-0.3, -0.25) is 9.69 Å². The second kappa shape index (κ2) is 8.31. The summed E-state index contributed by atoms with van der Waals surface area (Å²) in [4.78, 5) is 19.9. The number of carbonyl (C=O) groups excluding carboxylic acids is 1. The van der Waals surface area contributed by atoms with E-state index in [0.717, 1.165) is 11.3 Å². The Bertz CT molecular complexity index is 892. The van der Waals surface area contributed by atoms with Crippen LogP contribution in [0.5, 0.6) is 11.5 Å². The molecule has 0 spiro atoms. The molecule has 1 amide bonds. The number of rotatable bonds is 5. The predicted molar refractivity (Wildman–Crippen MR) is 110 cm³/mol. The number of carbonyl (C=O) groups is 1. The Labute approximate surface area is 163 Å². The minimum atomic E-state index is -0.0598. The van der Waals surface area contributed by atoms with E-state index in [-0.39, 0.29) is 11.7 Å². The Hall–Kier alpha value is -2.73. The smallest absolute Gasteiger partial charge is 0.266 e. The highest BCUT2D eigenvalue weighted by Crippen LogP contribution is 2.36. The first-order valence-electron chi connectivity index (χ1n) is 8.70. The molecule has 1 saturated heterocycles. The number of aromatic hydroxyl groups is 1. The van der Waals surface area contributed by atoms with Gasteiger partial charge < -0.3 is 9.84 Å². The van der Waals surface area contributed by atoms with E-state index < -0.39 is 0 Å². The highest BCUT2D eigenvalue weighted by molar-refractivity contribution is 8.18. The van der Waals surface area contributed by atoms with E-state index in [2.05, 4.69) is 18.8 Å². The highest BCUT2D eigenvalue weighted by Gasteiger charge is 2.33. The van der Waals surface area contributed by atoms with Crippen LogP contribution in [0.3, 0.4) is 0 Å². The summed E-state index contributed by atoms with van der Waals surface area (Å²) in [5.74, 6) is 0.703. The van der Waals surface area contributed by atoms with Crippen molar-refractivity contribution < 1.29 is 14.6 Å². The van der Waals surface area contributed by atoms with Crippen LogP contribution < -0.4 is 4.74 Å². The first-order chi connectivity index (χ1) is 13.0. The third-order valence-corrected chi connectivity index (χ3v) is 4.92. The molecule has 27 heavy (non-hydrogen) atoms. The Morgan fingerprint density at radius 3 is 2.63 bits per heavy atom. The summed E-state index contributed by atoms with van der Waals surface area (Å²) in [6.07, 6.45) is 1.80. The summed E-state index contributed by atoms with van der Waals surface area (Å²) in [5.41, 5.74) is 1.60. The van der Waals surface area contributed by atoms with Crippen molar-refractivity contribution >= 4 is 34.6 Å². The molecular weight excluding hydrogens is 360 g/mol. The highest BCUT2D eigenvalue weighted by atomic mass is 32.2. The van der Waals surface area contributed by atoms with E-state index in [9.17, 15) is 9.90 Å². The van der Waals surface area contributed by atoms with Crippen LogP contribution in [0.2, 0.25) is 0 Å². The van der Waals surface area contributed by atoms with Crippen LogP contribution in [0.4, 0.5) is 5.69 Å². The number of amides is 1. The zero-order chi connectivity index (χ0) is 19.4. The van der Waals surface area contributed by atoms with Crippen molar-refractivity contribution in [2.75, 3.05) is 13.7 Å². The summed E-state index contributed by atoms with van der Waals surface area (Å²) < 4.78 is 5.15. The molecule has 5 nitrogen and oxygen atoms in total. The molecule has 0 radical (unpaired) electrons. The lowest BCUT2D eigenvalue weighted by Crippen LogP contribution is -2.32. The van der Waals surface area contributed by atoms with Gasteiger partial charge in [-0.25, -0.2) is 4.99 Å². The van der Waals surface area contributed by atoms with Crippen molar-refractivity contribution in [2.45, 2.75) is 13.8 Å². The van der Waals surface area contributed by atoms with E-state index in [1.54, 1.807) is 29.2 Å². The standard InChI is InChI=1S/C21H22N2O3S/c1-14(2)13-23-20(25)19(12-15-9-10-17(24)18(11-15)26-3)27-21(23)22-16-7-5-4-6-8-16/h4-12,14,24H,13H2,1-3H3/b19-12+,22-21?. The number of aliphatic imine (C=N–C) groups is 1. The van der Waals surface area contributed by atoms with Gasteiger partial charge in [0.25, 0.3) is 5.91 Å². The predicted octanol–water partition coefficient (Wildman–Crippen LogP) is 4.66. The van der Waals surface area contributed by atoms with Crippen LogP contribution >= 0.6 is 11.8 Å². The van der Waals surface area contributed by atoms with Crippen molar-refractivity contribution in [1.29, 1.82) is 0 Å². The lowest BCUT2D eigenvalue weighted by atomic mass is 10.1. The van der Waals surface area contributed by atoms with Crippen LogP contribution in [-0.2, 0) is 4.79 Å². The van der Waals surface area contributed by atoms with Crippen LogP contribution in [0.25, 0.3) is 6.08 Å². The number of phenolic OH excluding ortho intramolecular Hbond substituents is 1. The number of hydrogen-bond acceptors (Lipinski definition) is 5. The van der Waals surface area contributed by atoms with Gasteiger partial charge in [-0.2, -0.15) is 0 Å². The fraction of sp³-hybridized carbons (Fsp3) is 0.238. The molecule has 1 fully saturated rings. The minimum Gasteiger partial charge on any atom is -0.504 e. The van der Waals surface area contributed by atoms with Gasteiger partial charge in [0.2, 0.25) is 0 Å². The number of nitrogens with zero attached hydrogens (tertiary/aromatic N) is 2. The van der Waals surface area contributed by atoms with Gasteiger partial charge in [0.05, 0.1) is 17.7 Å². The van der Waals surface area contributed by atoms with Crippen molar-refractivity contribution in [3.63, 3.8) is 0 Å². The summed E-state index contributed by atoms with van der Waals surface area (Å²) in [7, 11) is 1.50. The molecule has 1 aliphatic heterocycles. The fourth-order valence-electron chi connectivity index (χ4n) is 2.67. The van der Waals surface area contributed by atoms with Gasteiger partial charge >= 0.3 is 0 Å². The second-order valence-electron chi connectivity index (χ2n) is 6.58. The largest absolute Gasteiger partial charge is 0.504 e. The average molecular weight is 382 g/mol. The molecule has 0 atom stereocenters. The van der Waals surface area contributed by atoms with Gasteiger partial charge in [-0.05, 0) is 53.6 Å². The summed E-state index contributed by atoms with van der Waals surface area (Å²) in [6, 6.07) is 14.6. The van der Waals surface area contributed by atoms with Gasteiger partial charge in [0.15, 0.2) is 16.7 Å². The fourth-order valence-corrected chi connectivity index (χ4v) is 3.67. The van der Waals surface area contributed by atoms with Crippen molar-refractivity contribution in [2.24, 2.45) is 10.9 Å². The molecule has 3 rings (SSSR count). The Balaban J connectivity index is 1.95. The van der Waals surface area contributed by atoms with Gasteiger partial charge in [0.1, 0.15) is 0 Å². The van der Waals surface area contributed by atoms with Crippen molar-refractivity contribution in [3.05, 3.63) is 59.0 Å². The van der Waals surface area contributed by atoms with Crippen LogP contribution in [0, 0.1) is 5.92 Å². The Kier molecular flexibility index (Phi) is 5.86. The number of methoxy groups -OCH3 is 1. The normalized spacial score (nSPS) is 17.3. The van der Waals surface area contributed by atoms with E-state index in [4.69, 9.17) is 4.74 Å². The lowest BCUT2D eigenvalue weighted by molar-refractivity contribution is -0.122. The Morgan fingerprint density at radius 1 is 1.22 bits per heavy atom. The molecule has 1 heterocycles. The number of thioether (sulfide) groups is 1. The molecule has 0 aromatic heterocycles. The maximum absolute atomic E-state index is 12.9. The van der Waals surface area contributed by atoms with Crippen LogP contribution in [-0.4, -0.2) is 34.7 Å². The summed E-state index contributed by atoms with van der Waals surface area (Å²) in [5, 5.41) is 10.4. The number of amidine groups is 1. The lowest BCUT2D eigenvalue weighted by Gasteiger charge is -2.17. The van der Waals surface area contributed by atoms with E-state index >= 15 is 0 Å². The molecule has 1 N–H and O–H groups in total. The quantitative estimate of drug-likeness (QED) is 0.764. The zero-order valence-electron chi connectivity index (χ0n) is 15.5. The minimum absolute atomic E-state index is 0.0598. The third kappa shape index (κ3) is 4.52. The second-order valence-corrected chi connectivity index (χ2v) is 7.59. The van der Waals surface area contributed by atoms with Crippen molar-refractivity contribution in [3.8, 4) is 11.5 Å². The van der Waals surface area contributed by atoms with Crippen LogP contribution in [0.15, 0.2) is 58.4 Å². The number of phenols is 1. The maximum Gasteiger partial charge on any atom is 0.266 e. The first kappa shape index (κ1) is 19.0. The van der Waals surface area contributed by atoms with Gasteiger partial charge in [-0.1, -0.05) is 38.1 Å². The number of para-hydroxylation sites is 1. The molecule has 0 unspecified atom stereocenters. The first-order valence-corrected chi connectivity index (χ1v) is 9.51. The van der Waals surface area contributed by atoms with Crippen molar-refractivity contribution in [1.82, 2.24) is 4.90 Å². The van der Waals surface area contributed by atoms with E-state index in [1.165, 1.54) is 18.9 Å². The Morgan fingerprint density at radius 2 is 1.96 bits per heavy atom. The molecule has 1 aliphatic rings. The number of ether oxygens (including phenoxy) is 1. The molecule has 0 saturated carbocycles. The molecule has 2 aromatic rings. The van der Waals surface area contributed by atoms with E-state index in [1.807, 2.05) is 30.3 Å². The molecule has 0 bridgehead atoms. The molecule has 2 aromatic carbocycles. The topological polar surface area (TPSA) is 62.1 Å². The van der Waals surface area contributed by atoms with Gasteiger partial charge in [0, 0.05) is 6.54 Å². The summed E-state index contributed by atoms with van der Waals surface area (Å²) in [6.45, 7) is 4.75. The molecule has 0 aliphatic carbocycles. The maximum atomic E-state index is 12.9. The number of hydrogen-bond donors (Lipinski definition) is 1. The average Bonchev–Trinajstić information content (AvgIpc) is 2.92. The SMILES string of the molecule is COc1cc(/C=C2/SC(=Nc3ccccc3)N(CC(C)C)C2=O)ccc1O. The monoisotopic (exact) mass is 382 g/mol. The van der Waals surface area contributed by atoms with Gasteiger partial charge in [-0.15, -0.1) is 0 Å². The van der Waals surface area contributed by atoms with Crippen LogP contribution in [0.1, 0.15) is 19.4 Å². The number of benzene rings is 2.